The molecule has 0 bridgehead atoms. The molecule has 0 aliphatic heterocycles. The van der Waals surface area contributed by atoms with Gasteiger partial charge in [0.25, 0.3) is 5.91 Å². The largest absolute Gasteiger partial charge is 0.493 e. The van der Waals surface area contributed by atoms with E-state index in [4.69, 9.17) is 14.5 Å². The summed E-state index contributed by atoms with van der Waals surface area (Å²) >= 11 is 0. The van der Waals surface area contributed by atoms with Gasteiger partial charge in [-0.05, 0) is 42.8 Å². The van der Waals surface area contributed by atoms with Crippen LogP contribution in [0.3, 0.4) is 0 Å². The van der Waals surface area contributed by atoms with E-state index in [9.17, 15) is 4.79 Å². The van der Waals surface area contributed by atoms with Crippen LogP contribution in [0.1, 0.15) is 16.8 Å². The summed E-state index contributed by atoms with van der Waals surface area (Å²) in [6.07, 6.45) is 4.45. The van der Waals surface area contributed by atoms with Crippen molar-refractivity contribution in [2.45, 2.75) is 13.0 Å². The van der Waals surface area contributed by atoms with Gasteiger partial charge in [0.15, 0.2) is 11.5 Å². The highest BCUT2D eigenvalue weighted by molar-refractivity contribution is 6.07. The quantitative estimate of drug-likeness (QED) is 0.440. The van der Waals surface area contributed by atoms with E-state index in [-0.39, 0.29) is 5.91 Å². The lowest BCUT2D eigenvalue weighted by Gasteiger charge is -2.12. The molecule has 7 heteroatoms. The van der Waals surface area contributed by atoms with Crippen LogP contribution in [0, 0.1) is 0 Å². The minimum atomic E-state index is -0.124. The number of benzene rings is 2. The van der Waals surface area contributed by atoms with E-state index in [0.29, 0.717) is 29.3 Å². The molecule has 0 fully saturated rings. The Morgan fingerprint density at radius 3 is 2.65 bits per heavy atom. The van der Waals surface area contributed by atoms with Crippen LogP contribution in [0.25, 0.3) is 22.2 Å². The molecule has 0 unspecified atom stereocenters. The van der Waals surface area contributed by atoms with Gasteiger partial charge < -0.3 is 14.8 Å². The molecule has 2 aromatic heterocycles. The van der Waals surface area contributed by atoms with E-state index in [2.05, 4.69) is 10.4 Å². The molecule has 0 aliphatic carbocycles. The monoisotopic (exact) mass is 416 g/mol. The third-order valence-corrected chi connectivity index (χ3v) is 5.05. The lowest BCUT2D eigenvalue weighted by atomic mass is 10.0. The molecule has 0 atom stereocenters. The van der Waals surface area contributed by atoms with E-state index >= 15 is 0 Å². The Balaban J connectivity index is 1.61. The third-order valence-electron chi connectivity index (χ3n) is 5.05. The molecule has 31 heavy (non-hydrogen) atoms. The summed E-state index contributed by atoms with van der Waals surface area (Å²) in [4.78, 5) is 17.8. The van der Waals surface area contributed by atoms with Gasteiger partial charge in [0.2, 0.25) is 0 Å². The zero-order valence-corrected chi connectivity index (χ0v) is 17.5. The highest BCUT2D eigenvalue weighted by Gasteiger charge is 2.15. The molecule has 1 amide bonds. The maximum atomic E-state index is 13.0. The second kappa shape index (κ2) is 9.30. The Kier molecular flexibility index (Phi) is 6.12. The number of rotatable bonds is 8. The van der Waals surface area contributed by atoms with Crippen molar-refractivity contribution in [2.24, 2.45) is 0 Å². The van der Waals surface area contributed by atoms with Crippen LogP contribution in [-0.2, 0) is 6.54 Å². The van der Waals surface area contributed by atoms with Crippen LogP contribution < -0.4 is 14.8 Å². The lowest BCUT2D eigenvalue weighted by Crippen LogP contribution is -2.25. The number of methoxy groups -OCH3 is 2. The number of amides is 1. The standard InChI is InChI=1S/C24H24N4O3/c1-30-22-10-9-17(15-23(22)31-2)21-16-19(18-7-3-4-8-20(18)27-21)24(29)25-11-5-13-28-14-6-12-26-28/h3-4,6-10,12,14-16H,5,11,13H2,1-2H3,(H,25,29). The molecular formula is C24H24N4O3. The smallest absolute Gasteiger partial charge is 0.252 e. The molecule has 2 heterocycles. The third kappa shape index (κ3) is 4.50. The maximum absolute atomic E-state index is 13.0. The Bertz CT molecular complexity index is 1190. The first-order valence-electron chi connectivity index (χ1n) is 10.1. The molecule has 4 rings (SSSR count). The predicted molar refractivity (Wildman–Crippen MR) is 119 cm³/mol. The number of ether oxygens (including phenoxy) is 2. The fraction of sp³-hybridized carbons (Fsp3) is 0.208. The summed E-state index contributed by atoms with van der Waals surface area (Å²) in [6, 6.07) is 17.0. The number of carbonyl (C=O) groups excluding carboxylic acids is 1. The van der Waals surface area contributed by atoms with Crippen LogP contribution in [0.5, 0.6) is 11.5 Å². The summed E-state index contributed by atoms with van der Waals surface area (Å²) in [7, 11) is 3.19. The van der Waals surface area contributed by atoms with Crippen molar-refractivity contribution in [3.63, 3.8) is 0 Å². The molecule has 4 aromatic rings. The SMILES string of the molecule is COc1ccc(-c2cc(C(=O)NCCCn3cccn3)c3ccccc3n2)cc1OC. The molecular weight excluding hydrogens is 392 g/mol. The lowest BCUT2D eigenvalue weighted by molar-refractivity contribution is 0.0954. The first kappa shape index (κ1) is 20.4. The van der Waals surface area contributed by atoms with E-state index < -0.39 is 0 Å². The first-order chi connectivity index (χ1) is 15.2. The highest BCUT2D eigenvalue weighted by Crippen LogP contribution is 2.33. The molecule has 0 aliphatic rings. The van der Waals surface area contributed by atoms with Gasteiger partial charge in [0, 0.05) is 36.4 Å². The number of nitrogens with one attached hydrogen (secondary N) is 1. The molecule has 1 N–H and O–H groups in total. The van der Waals surface area contributed by atoms with Crippen LogP contribution in [0.4, 0.5) is 0 Å². The van der Waals surface area contributed by atoms with E-state index in [1.165, 1.54) is 0 Å². The average molecular weight is 416 g/mol. The van der Waals surface area contributed by atoms with Gasteiger partial charge in [0.1, 0.15) is 0 Å². The van der Waals surface area contributed by atoms with Crippen LogP contribution >= 0.6 is 0 Å². The van der Waals surface area contributed by atoms with Gasteiger partial charge in [-0.3, -0.25) is 9.48 Å². The van der Waals surface area contributed by atoms with Gasteiger partial charge in [-0.25, -0.2) is 4.98 Å². The van der Waals surface area contributed by atoms with Crippen LogP contribution in [0.2, 0.25) is 0 Å². The molecule has 0 saturated heterocycles. The number of para-hydroxylation sites is 1. The zero-order valence-electron chi connectivity index (χ0n) is 17.5. The fourth-order valence-electron chi connectivity index (χ4n) is 3.48. The van der Waals surface area contributed by atoms with Crippen molar-refractivity contribution in [3.05, 3.63) is 72.6 Å². The highest BCUT2D eigenvalue weighted by atomic mass is 16.5. The number of carbonyl (C=O) groups is 1. The van der Waals surface area contributed by atoms with Crippen LogP contribution in [-0.4, -0.2) is 41.4 Å². The summed E-state index contributed by atoms with van der Waals surface area (Å²) < 4.78 is 12.6. The number of pyridine rings is 1. The normalized spacial score (nSPS) is 10.8. The number of aromatic nitrogens is 3. The minimum Gasteiger partial charge on any atom is -0.493 e. The van der Waals surface area contributed by atoms with E-state index in [1.807, 2.05) is 65.5 Å². The molecule has 0 spiro atoms. The second-order valence-electron chi connectivity index (χ2n) is 7.02. The molecule has 0 saturated carbocycles. The molecule has 0 radical (unpaired) electrons. The number of hydrogen-bond donors (Lipinski definition) is 1. The Labute approximate surface area is 180 Å². The van der Waals surface area contributed by atoms with Gasteiger partial charge in [0.05, 0.1) is 31.0 Å². The maximum Gasteiger partial charge on any atom is 0.252 e. The Morgan fingerprint density at radius 1 is 1.03 bits per heavy atom. The number of fused-ring (bicyclic) bond motifs is 1. The van der Waals surface area contributed by atoms with Gasteiger partial charge >= 0.3 is 0 Å². The van der Waals surface area contributed by atoms with Gasteiger partial charge in [-0.2, -0.15) is 5.10 Å². The van der Waals surface area contributed by atoms with Crippen molar-refractivity contribution in [2.75, 3.05) is 20.8 Å². The van der Waals surface area contributed by atoms with Crippen molar-refractivity contribution < 1.29 is 14.3 Å². The topological polar surface area (TPSA) is 78.3 Å². The summed E-state index contributed by atoms with van der Waals surface area (Å²) in [5.41, 5.74) is 2.89. The van der Waals surface area contributed by atoms with Gasteiger partial charge in [-0.15, -0.1) is 0 Å². The van der Waals surface area contributed by atoms with Crippen molar-refractivity contribution >= 4 is 16.8 Å². The van der Waals surface area contributed by atoms with E-state index in [0.717, 1.165) is 29.4 Å². The molecule has 7 nitrogen and oxygen atoms in total. The van der Waals surface area contributed by atoms with Crippen molar-refractivity contribution in [3.8, 4) is 22.8 Å². The number of aryl methyl sites for hydroxylation is 1. The minimum absolute atomic E-state index is 0.124. The number of nitrogens with zero attached hydrogens (tertiary/aromatic N) is 3. The van der Waals surface area contributed by atoms with Crippen molar-refractivity contribution in [1.82, 2.24) is 20.1 Å². The average Bonchev–Trinajstić information content (AvgIpc) is 3.34. The summed E-state index contributed by atoms with van der Waals surface area (Å²) in [6.45, 7) is 1.31. The predicted octanol–water partition coefficient (Wildman–Crippen LogP) is 3.94. The first-order valence-corrected chi connectivity index (χ1v) is 10.1. The summed E-state index contributed by atoms with van der Waals surface area (Å²) in [5, 5.41) is 8.02. The van der Waals surface area contributed by atoms with Gasteiger partial charge in [-0.1, -0.05) is 18.2 Å². The molecule has 158 valence electrons. The second-order valence-corrected chi connectivity index (χ2v) is 7.02. The Morgan fingerprint density at radius 2 is 1.87 bits per heavy atom. The fourth-order valence-corrected chi connectivity index (χ4v) is 3.48. The zero-order chi connectivity index (χ0) is 21.6. The van der Waals surface area contributed by atoms with Crippen molar-refractivity contribution in [1.29, 1.82) is 0 Å². The van der Waals surface area contributed by atoms with E-state index in [1.54, 1.807) is 20.4 Å². The summed E-state index contributed by atoms with van der Waals surface area (Å²) in [5.74, 6) is 1.13. The Hall–Kier alpha value is -3.87. The van der Waals surface area contributed by atoms with Crippen LogP contribution in [0.15, 0.2) is 67.0 Å². The number of hydrogen-bond acceptors (Lipinski definition) is 5. The molecule has 2 aromatic carbocycles.